The number of rotatable bonds is 6. The maximum Gasteiger partial charge on any atom is 0.251 e. The second-order valence-electron chi connectivity index (χ2n) is 6.95. The van der Waals surface area contributed by atoms with E-state index in [1.54, 1.807) is 24.3 Å². The monoisotopic (exact) mass is 393 g/mol. The molecule has 1 amide bonds. The third-order valence-electron chi connectivity index (χ3n) is 4.51. The Morgan fingerprint density at radius 1 is 0.857 bits per heavy atom. The van der Waals surface area contributed by atoms with Crippen molar-refractivity contribution in [1.82, 2.24) is 5.32 Å². The lowest BCUT2D eigenvalue weighted by atomic mass is 10.0. The summed E-state index contributed by atoms with van der Waals surface area (Å²) in [4.78, 5) is 12.5. The third kappa shape index (κ3) is 5.30. The van der Waals surface area contributed by atoms with E-state index >= 15 is 0 Å². The molecule has 0 bridgehead atoms. The molecular weight excluding hydrogens is 370 g/mol. The molecule has 3 rings (SSSR count). The highest BCUT2D eigenvalue weighted by atomic mass is 32.2. The Balaban J connectivity index is 1.65. The van der Waals surface area contributed by atoms with Gasteiger partial charge in [-0.15, -0.1) is 0 Å². The Kier molecular flexibility index (Phi) is 5.95. The molecular formula is C23H23NO3S. The van der Waals surface area contributed by atoms with Gasteiger partial charge in [0.25, 0.3) is 5.91 Å². The molecule has 0 heterocycles. The second kappa shape index (κ2) is 8.40. The van der Waals surface area contributed by atoms with E-state index < -0.39 is 9.84 Å². The van der Waals surface area contributed by atoms with Crippen molar-refractivity contribution in [3.63, 3.8) is 0 Å². The highest BCUT2D eigenvalue weighted by Gasteiger charge is 2.12. The van der Waals surface area contributed by atoms with Crippen LogP contribution in [-0.4, -0.2) is 20.6 Å². The molecule has 28 heavy (non-hydrogen) atoms. The van der Waals surface area contributed by atoms with E-state index in [0.29, 0.717) is 11.1 Å². The Hall–Kier alpha value is -2.92. The van der Waals surface area contributed by atoms with Crippen molar-refractivity contribution in [3.05, 3.63) is 95.6 Å². The highest BCUT2D eigenvalue weighted by molar-refractivity contribution is 7.89. The molecule has 0 unspecified atom stereocenters. The maximum atomic E-state index is 12.5. The lowest BCUT2D eigenvalue weighted by Crippen LogP contribution is -2.26. The number of carbonyl (C=O) groups excluding carboxylic acids is 1. The zero-order chi connectivity index (χ0) is 20.1. The summed E-state index contributed by atoms with van der Waals surface area (Å²) in [6.45, 7) is 1.94. The maximum absolute atomic E-state index is 12.5. The van der Waals surface area contributed by atoms with Crippen LogP contribution in [0.25, 0.3) is 11.1 Å². The average Bonchev–Trinajstić information content (AvgIpc) is 2.68. The van der Waals surface area contributed by atoms with Gasteiger partial charge in [-0.05, 0) is 41.3 Å². The number of carbonyl (C=O) groups is 1. The highest BCUT2D eigenvalue weighted by Crippen LogP contribution is 2.22. The van der Waals surface area contributed by atoms with Crippen LogP contribution in [0.4, 0.5) is 0 Å². The van der Waals surface area contributed by atoms with E-state index in [9.17, 15) is 13.2 Å². The van der Waals surface area contributed by atoms with Gasteiger partial charge in [-0.3, -0.25) is 4.79 Å². The van der Waals surface area contributed by atoms with Crippen LogP contribution in [0.15, 0.2) is 78.9 Å². The fourth-order valence-corrected chi connectivity index (χ4v) is 3.81. The molecule has 3 aromatic carbocycles. The minimum atomic E-state index is -3.09. The lowest BCUT2D eigenvalue weighted by Gasteiger charge is -2.15. The van der Waals surface area contributed by atoms with Gasteiger partial charge < -0.3 is 5.32 Å². The molecule has 0 aliphatic heterocycles. The first-order valence-electron chi connectivity index (χ1n) is 9.05. The second-order valence-corrected chi connectivity index (χ2v) is 9.09. The van der Waals surface area contributed by atoms with Crippen LogP contribution in [-0.2, 0) is 15.6 Å². The summed E-state index contributed by atoms with van der Waals surface area (Å²) >= 11 is 0. The molecule has 144 valence electrons. The average molecular weight is 394 g/mol. The molecule has 0 aliphatic rings. The standard InChI is InChI=1S/C23H23NO3S/c1-17(19-12-14-21(15-13-19)20-6-4-3-5-7-20)24-23(25)22-10-8-18(9-11-22)16-28(2,26)27/h3-15,17H,16H2,1-2H3,(H,24,25)/t17-/m0/s1. The Morgan fingerprint density at radius 2 is 1.43 bits per heavy atom. The minimum absolute atomic E-state index is 0.0287. The van der Waals surface area contributed by atoms with Crippen LogP contribution in [0.5, 0.6) is 0 Å². The van der Waals surface area contributed by atoms with Gasteiger partial charge in [0.1, 0.15) is 0 Å². The van der Waals surface area contributed by atoms with Crippen molar-refractivity contribution >= 4 is 15.7 Å². The quantitative estimate of drug-likeness (QED) is 0.676. The molecule has 0 radical (unpaired) electrons. The predicted octanol–water partition coefficient (Wildman–Crippen LogP) is 4.39. The Bertz CT molecular complexity index is 1040. The number of benzene rings is 3. The van der Waals surface area contributed by atoms with E-state index in [1.807, 2.05) is 49.4 Å². The molecule has 5 heteroatoms. The largest absolute Gasteiger partial charge is 0.346 e. The normalized spacial score (nSPS) is 12.4. The summed E-state index contributed by atoms with van der Waals surface area (Å²) < 4.78 is 22.7. The van der Waals surface area contributed by atoms with Gasteiger partial charge >= 0.3 is 0 Å². The van der Waals surface area contributed by atoms with Crippen molar-refractivity contribution in [1.29, 1.82) is 0 Å². The summed E-state index contributed by atoms with van der Waals surface area (Å²) in [5.41, 5.74) is 4.47. The molecule has 4 nitrogen and oxygen atoms in total. The van der Waals surface area contributed by atoms with Gasteiger partial charge in [-0.1, -0.05) is 66.7 Å². The van der Waals surface area contributed by atoms with Crippen molar-refractivity contribution in [3.8, 4) is 11.1 Å². The third-order valence-corrected chi connectivity index (χ3v) is 5.37. The zero-order valence-corrected chi connectivity index (χ0v) is 16.7. The van der Waals surface area contributed by atoms with E-state index in [0.717, 1.165) is 16.7 Å². The first-order valence-corrected chi connectivity index (χ1v) is 11.1. The number of amides is 1. The molecule has 0 aromatic heterocycles. The molecule has 0 spiro atoms. The smallest absolute Gasteiger partial charge is 0.251 e. The van der Waals surface area contributed by atoms with Gasteiger partial charge in [0.15, 0.2) is 9.84 Å². The molecule has 0 aliphatic carbocycles. The van der Waals surface area contributed by atoms with E-state index in [4.69, 9.17) is 0 Å². The summed E-state index contributed by atoms with van der Waals surface area (Å²) in [6, 6.07) is 24.8. The van der Waals surface area contributed by atoms with Gasteiger partial charge in [0, 0.05) is 11.8 Å². The van der Waals surface area contributed by atoms with Gasteiger partial charge in [-0.2, -0.15) is 0 Å². The van der Waals surface area contributed by atoms with Crippen LogP contribution < -0.4 is 5.32 Å². The number of hydrogen-bond donors (Lipinski definition) is 1. The van der Waals surface area contributed by atoms with Crippen molar-refractivity contribution in [2.45, 2.75) is 18.7 Å². The van der Waals surface area contributed by atoms with E-state index in [2.05, 4.69) is 17.4 Å². The fourth-order valence-electron chi connectivity index (χ4n) is 3.01. The minimum Gasteiger partial charge on any atom is -0.346 e. The van der Waals surface area contributed by atoms with Gasteiger partial charge in [0.05, 0.1) is 11.8 Å². The first kappa shape index (κ1) is 19.8. The number of sulfone groups is 1. The number of nitrogens with one attached hydrogen (secondary N) is 1. The van der Waals surface area contributed by atoms with Crippen LogP contribution in [0.1, 0.15) is 34.5 Å². The molecule has 1 N–H and O–H groups in total. The molecule has 0 saturated heterocycles. The Labute approximate surface area is 166 Å². The molecule has 3 aromatic rings. The molecule has 0 saturated carbocycles. The fraction of sp³-hybridized carbons (Fsp3) is 0.174. The summed E-state index contributed by atoms with van der Waals surface area (Å²) in [5.74, 6) is -0.218. The summed E-state index contributed by atoms with van der Waals surface area (Å²) in [5, 5.41) is 2.98. The summed E-state index contributed by atoms with van der Waals surface area (Å²) in [7, 11) is -3.09. The van der Waals surface area contributed by atoms with Crippen LogP contribution in [0.2, 0.25) is 0 Å². The SMILES string of the molecule is C[C@H](NC(=O)c1ccc(CS(C)(=O)=O)cc1)c1ccc(-c2ccccc2)cc1. The van der Waals surface area contributed by atoms with Crippen LogP contribution in [0, 0.1) is 0 Å². The summed E-state index contributed by atoms with van der Waals surface area (Å²) in [6.07, 6.45) is 1.19. The Morgan fingerprint density at radius 3 is 2.00 bits per heavy atom. The van der Waals surface area contributed by atoms with Crippen molar-refractivity contribution in [2.75, 3.05) is 6.26 Å². The van der Waals surface area contributed by atoms with Crippen molar-refractivity contribution in [2.24, 2.45) is 0 Å². The zero-order valence-electron chi connectivity index (χ0n) is 15.9. The van der Waals surface area contributed by atoms with Crippen LogP contribution >= 0.6 is 0 Å². The lowest BCUT2D eigenvalue weighted by molar-refractivity contribution is 0.0940. The predicted molar refractivity (Wildman–Crippen MR) is 113 cm³/mol. The topological polar surface area (TPSA) is 63.2 Å². The van der Waals surface area contributed by atoms with Crippen LogP contribution in [0.3, 0.4) is 0 Å². The molecule has 0 fully saturated rings. The van der Waals surface area contributed by atoms with E-state index in [1.165, 1.54) is 6.26 Å². The number of hydrogen-bond acceptors (Lipinski definition) is 3. The van der Waals surface area contributed by atoms with E-state index in [-0.39, 0.29) is 17.7 Å². The molecule has 1 atom stereocenters. The first-order chi connectivity index (χ1) is 13.3. The van der Waals surface area contributed by atoms with Gasteiger partial charge in [-0.25, -0.2) is 8.42 Å². The van der Waals surface area contributed by atoms with Crippen molar-refractivity contribution < 1.29 is 13.2 Å². The van der Waals surface area contributed by atoms with Gasteiger partial charge in [0.2, 0.25) is 0 Å².